The van der Waals surface area contributed by atoms with Crippen molar-refractivity contribution >= 4 is 23.5 Å². The zero-order chi connectivity index (χ0) is 13.8. The van der Waals surface area contributed by atoms with E-state index >= 15 is 0 Å². The van der Waals surface area contributed by atoms with Gasteiger partial charge in [0.25, 0.3) is 0 Å². The summed E-state index contributed by atoms with van der Waals surface area (Å²) in [6.07, 6.45) is 1.96. The summed E-state index contributed by atoms with van der Waals surface area (Å²) < 4.78 is 11.0. The lowest BCUT2D eigenvalue weighted by Crippen LogP contribution is -2.34. The van der Waals surface area contributed by atoms with Crippen molar-refractivity contribution in [3.8, 4) is 11.5 Å². The Bertz CT molecular complexity index is 477. The van der Waals surface area contributed by atoms with Crippen molar-refractivity contribution in [2.24, 2.45) is 0 Å². The lowest BCUT2D eigenvalue weighted by Gasteiger charge is -2.21. The van der Waals surface area contributed by atoms with E-state index in [2.05, 4.69) is 10.6 Å². The predicted molar refractivity (Wildman–Crippen MR) is 76.5 cm³/mol. The number of carbonyl (C=O) groups is 1. The molecule has 0 atom stereocenters. The average Bonchev–Trinajstić information content (AvgIpc) is 2.36. The van der Waals surface area contributed by atoms with Gasteiger partial charge in [0.15, 0.2) is 11.5 Å². The molecule has 2 amide bonds. The number of thioether (sulfide) groups is 1. The molecule has 0 unspecified atom stereocenters. The van der Waals surface area contributed by atoms with Gasteiger partial charge in [-0.1, -0.05) is 0 Å². The monoisotopic (exact) mass is 282 g/mol. The number of ether oxygens (including phenoxy) is 2. The minimum atomic E-state index is -0.220. The van der Waals surface area contributed by atoms with Gasteiger partial charge in [-0.05, 0) is 26.2 Å². The molecule has 2 rings (SSSR count). The van der Waals surface area contributed by atoms with Crippen LogP contribution in [0.4, 0.5) is 10.5 Å². The van der Waals surface area contributed by atoms with E-state index in [9.17, 15) is 4.79 Å². The number of rotatable bonds is 3. The summed E-state index contributed by atoms with van der Waals surface area (Å²) in [5, 5.41) is 5.63. The highest BCUT2D eigenvalue weighted by Crippen LogP contribution is 2.39. The van der Waals surface area contributed by atoms with Crippen LogP contribution in [0.5, 0.6) is 11.5 Å². The number of hydrogen-bond donors (Lipinski definition) is 2. The van der Waals surface area contributed by atoms with Gasteiger partial charge in [-0.3, -0.25) is 0 Å². The number of hydrogen-bond acceptors (Lipinski definition) is 4. The molecule has 2 N–H and O–H groups in total. The summed E-state index contributed by atoms with van der Waals surface area (Å²) in [5.74, 6) is 1.40. The topological polar surface area (TPSA) is 59.6 Å². The molecule has 0 bridgehead atoms. The van der Waals surface area contributed by atoms with Gasteiger partial charge in [-0.2, -0.15) is 0 Å². The Morgan fingerprint density at radius 2 is 1.89 bits per heavy atom. The molecule has 0 radical (unpaired) electrons. The van der Waals surface area contributed by atoms with Gasteiger partial charge in [-0.15, -0.1) is 11.8 Å². The number of fused-ring (bicyclic) bond motifs is 1. The van der Waals surface area contributed by atoms with E-state index in [-0.39, 0.29) is 12.1 Å². The van der Waals surface area contributed by atoms with Crippen LogP contribution < -0.4 is 20.1 Å². The van der Waals surface area contributed by atoms with Crippen LogP contribution >= 0.6 is 11.8 Å². The molecule has 0 saturated heterocycles. The van der Waals surface area contributed by atoms with E-state index in [0.29, 0.717) is 19.0 Å². The number of carbonyl (C=O) groups excluding carboxylic acids is 1. The van der Waals surface area contributed by atoms with Crippen LogP contribution in [0.15, 0.2) is 17.0 Å². The van der Waals surface area contributed by atoms with Crippen molar-refractivity contribution in [3.05, 3.63) is 12.1 Å². The predicted octanol–water partition coefficient (Wildman–Crippen LogP) is 2.71. The van der Waals surface area contributed by atoms with Crippen molar-refractivity contribution < 1.29 is 14.3 Å². The van der Waals surface area contributed by atoms with Crippen molar-refractivity contribution in [3.63, 3.8) is 0 Å². The van der Waals surface area contributed by atoms with E-state index in [1.165, 1.54) is 0 Å². The lowest BCUT2D eigenvalue weighted by atomic mass is 10.2. The van der Waals surface area contributed by atoms with Crippen LogP contribution in [0, 0.1) is 0 Å². The molecule has 1 heterocycles. The fourth-order valence-electron chi connectivity index (χ4n) is 1.76. The molecule has 6 heteroatoms. The van der Waals surface area contributed by atoms with Crippen LogP contribution in [-0.4, -0.2) is 31.5 Å². The van der Waals surface area contributed by atoms with Crippen LogP contribution in [-0.2, 0) is 0 Å². The Hall–Kier alpha value is -1.56. The molecule has 0 aliphatic carbocycles. The SMILES string of the molecule is CSc1cc2c(cc1NC(=O)NC(C)C)OCCO2. The van der Waals surface area contributed by atoms with Crippen LogP contribution in [0.2, 0.25) is 0 Å². The maximum Gasteiger partial charge on any atom is 0.319 e. The van der Waals surface area contributed by atoms with Crippen LogP contribution in [0.25, 0.3) is 0 Å². The Morgan fingerprint density at radius 3 is 2.47 bits per heavy atom. The number of amides is 2. The molecular weight excluding hydrogens is 264 g/mol. The molecule has 0 spiro atoms. The van der Waals surface area contributed by atoms with Crippen molar-refractivity contribution in [1.29, 1.82) is 0 Å². The minimum absolute atomic E-state index is 0.0925. The molecule has 1 aliphatic rings. The molecule has 1 aromatic rings. The van der Waals surface area contributed by atoms with Gasteiger partial charge in [0.05, 0.1) is 5.69 Å². The first-order chi connectivity index (χ1) is 9.10. The maximum absolute atomic E-state index is 11.8. The maximum atomic E-state index is 11.8. The lowest BCUT2D eigenvalue weighted by molar-refractivity contribution is 0.171. The van der Waals surface area contributed by atoms with Crippen molar-refractivity contribution in [1.82, 2.24) is 5.32 Å². The standard InChI is InChI=1S/C13H18N2O3S/c1-8(2)14-13(16)15-9-6-10-11(7-12(9)19-3)18-5-4-17-10/h6-8H,4-5H2,1-3H3,(H2,14,15,16). The van der Waals surface area contributed by atoms with Gasteiger partial charge in [-0.25, -0.2) is 4.79 Å². The second kappa shape index (κ2) is 6.06. The third-order valence-corrected chi connectivity index (χ3v) is 3.31. The Morgan fingerprint density at radius 1 is 1.26 bits per heavy atom. The van der Waals surface area contributed by atoms with Crippen LogP contribution in [0.3, 0.4) is 0 Å². The Balaban J connectivity index is 2.21. The summed E-state index contributed by atoms with van der Waals surface area (Å²) >= 11 is 1.55. The summed E-state index contributed by atoms with van der Waals surface area (Å²) in [5.41, 5.74) is 0.731. The summed E-state index contributed by atoms with van der Waals surface area (Å²) in [7, 11) is 0. The Kier molecular flexibility index (Phi) is 4.42. The molecule has 104 valence electrons. The number of benzene rings is 1. The molecule has 5 nitrogen and oxygen atoms in total. The van der Waals surface area contributed by atoms with Crippen molar-refractivity contribution in [2.45, 2.75) is 24.8 Å². The zero-order valence-electron chi connectivity index (χ0n) is 11.3. The first-order valence-corrected chi connectivity index (χ1v) is 7.37. The van der Waals surface area contributed by atoms with E-state index in [1.807, 2.05) is 26.2 Å². The highest BCUT2D eigenvalue weighted by Gasteiger charge is 2.16. The van der Waals surface area contributed by atoms with Gasteiger partial charge < -0.3 is 20.1 Å². The Labute approximate surface area is 117 Å². The summed E-state index contributed by atoms with van der Waals surface area (Å²) in [4.78, 5) is 12.7. The molecule has 0 fully saturated rings. The molecule has 1 aliphatic heterocycles. The quantitative estimate of drug-likeness (QED) is 0.837. The molecule has 19 heavy (non-hydrogen) atoms. The summed E-state index contributed by atoms with van der Waals surface area (Å²) in [6.45, 7) is 4.92. The van der Waals surface area contributed by atoms with E-state index < -0.39 is 0 Å². The van der Waals surface area contributed by atoms with Crippen molar-refractivity contribution in [2.75, 3.05) is 24.8 Å². The van der Waals surface area contributed by atoms with E-state index in [1.54, 1.807) is 17.8 Å². The van der Waals surface area contributed by atoms with Gasteiger partial charge >= 0.3 is 6.03 Å². The van der Waals surface area contributed by atoms with Gasteiger partial charge in [0.1, 0.15) is 13.2 Å². The first kappa shape index (κ1) is 13.9. The second-order valence-corrected chi connectivity index (χ2v) is 5.30. The number of anilines is 1. The summed E-state index contributed by atoms with van der Waals surface area (Å²) in [6, 6.07) is 3.57. The highest BCUT2D eigenvalue weighted by atomic mass is 32.2. The molecule has 0 saturated carbocycles. The molecular formula is C13H18N2O3S. The number of urea groups is 1. The van der Waals surface area contributed by atoms with E-state index in [0.717, 1.165) is 16.3 Å². The molecule has 1 aromatic carbocycles. The smallest absolute Gasteiger partial charge is 0.319 e. The van der Waals surface area contributed by atoms with E-state index in [4.69, 9.17) is 9.47 Å². The normalized spacial score (nSPS) is 13.3. The highest BCUT2D eigenvalue weighted by molar-refractivity contribution is 7.98. The largest absolute Gasteiger partial charge is 0.486 e. The first-order valence-electron chi connectivity index (χ1n) is 6.15. The minimum Gasteiger partial charge on any atom is -0.486 e. The third kappa shape index (κ3) is 3.47. The van der Waals surface area contributed by atoms with Crippen LogP contribution in [0.1, 0.15) is 13.8 Å². The fraction of sp³-hybridized carbons (Fsp3) is 0.462. The van der Waals surface area contributed by atoms with Gasteiger partial charge in [0, 0.05) is 17.0 Å². The average molecular weight is 282 g/mol. The third-order valence-electron chi connectivity index (χ3n) is 2.53. The number of nitrogens with one attached hydrogen (secondary N) is 2. The second-order valence-electron chi connectivity index (χ2n) is 4.45. The molecule has 0 aromatic heterocycles. The van der Waals surface area contributed by atoms with Gasteiger partial charge in [0.2, 0.25) is 0 Å². The fourth-order valence-corrected chi connectivity index (χ4v) is 2.31. The zero-order valence-corrected chi connectivity index (χ0v) is 12.1.